The number of anilines is 1. The highest BCUT2D eigenvalue weighted by molar-refractivity contribution is 6.42. The van der Waals surface area contributed by atoms with Crippen molar-refractivity contribution in [2.45, 2.75) is 25.7 Å². The molecule has 0 saturated carbocycles. The summed E-state index contributed by atoms with van der Waals surface area (Å²) >= 11 is 12.1. The maximum Gasteiger partial charge on any atom is 0.259 e. The molecule has 0 bridgehead atoms. The number of benzene rings is 1. The molecule has 1 aromatic carbocycles. The molecule has 2 aromatic heterocycles. The molecule has 29 heavy (non-hydrogen) atoms. The Balaban J connectivity index is 1.48. The molecule has 150 valence electrons. The lowest BCUT2D eigenvalue weighted by molar-refractivity contribution is 0.0845. The maximum atomic E-state index is 12.7. The molecule has 1 N–H and O–H groups in total. The molecular weight excluding hydrogens is 411 g/mol. The minimum Gasteiger partial charge on any atom is -0.381 e. The van der Waals surface area contributed by atoms with Crippen molar-refractivity contribution in [3.05, 3.63) is 69.7 Å². The molecule has 6 nitrogen and oxygen atoms in total. The van der Waals surface area contributed by atoms with Crippen LogP contribution in [0.15, 0.2) is 42.7 Å². The molecule has 1 aliphatic rings. The summed E-state index contributed by atoms with van der Waals surface area (Å²) in [7, 11) is 0. The van der Waals surface area contributed by atoms with Gasteiger partial charge in [0.1, 0.15) is 0 Å². The molecule has 0 unspecified atom stereocenters. The summed E-state index contributed by atoms with van der Waals surface area (Å²) in [6.07, 6.45) is 5.19. The molecule has 4 rings (SSSR count). The van der Waals surface area contributed by atoms with E-state index < -0.39 is 0 Å². The third-order valence-electron chi connectivity index (χ3n) is 5.09. The van der Waals surface area contributed by atoms with Gasteiger partial charge in [0.05, 0.1) is 45.1 Å². The van der Waals surface area contributed by atoms with E-state index in [0.29, 0.717) is 32.9 Å². The minimum absolute atomic E-state index is 0.241. The number of amides is 1. The first kappa shape index (κ1) is 19.9. The van der Waals surface area contributed by atoms with Crippen molar-refractivity contribution in [3.8, 4) is 5.69 Å². The van der Waals surface area contributed by atoms with Crippen LogP contribution in [0.5, 0.6) is 0 Å². The largest absolute Gasteiger partial charge is 0.381 e. The Hall–Kier alpha value is -2.41. The van der Waals surface area contributed by atoms with Gasteiger partial charge in [0.25, 0.3) is 5.91 Å². The van der Waals surface area contributed by atoms with Gasteiger partial charge in [-0.05, 0) is 50.1 Å². The Kier molecular flexibility index (Phi) is 5.85. The first-order chi connectivity index (χ1) is 14.0. The van der Waals surface area contributed by atoms with Crippen LogP contribution in [0.2, 0.25) is 10.0 Å². The van der Waals surface area contributed by atoms with Crippen molar-refractivity contribution in [2.75, 3.05) is 18.5 Å². The Labute approximate surface area is 178 Å². The van der Waals surface area contributed by atoms with E-state index in [4.69, 9.17) is 27.9 Å². The average Bonchev–Trinajstić information content (AvgIpc) is 3.13. The monoisotopic (exact) mass is 430 g/mol. The van der Waals surface area contributed by atoms with E-state index in [1.165, 1.54) is 6.20 Å². The summed E-state index contributed by atoms with van der Waals surface area (Å²) in [4.78, 5) is 17.3. The highest BCUT2D eigenvalue weighted by Crippen LogP contribution is 2.27. The molecule has 3 heterocycles. The van der Waals surface area contributed by atoms with Crippen LogP contribution in [0.25, 0.3) is 5.69 Å². The van der Waals surface area contributed by atoms with Crippen molar-refractivity contribution in [1.29, 1.82) is 0 Å². The van der Waals surface area contributed by atoms with Crippen molar-refractivity contribution in [3.63, 3.8) is 0 Å². The van der Waals surface area contributed by atoms with Gasteiger partial charge in [-0.3, -0.25) is 9.78 Å². The highest BCUT2D eigenvalue weighted by Gasteiger charge is 2.18. The van der Waals surface area contributed by atoms with E-state index >= 15 is 0 Å². The molecule has 0 aliphatic carbocycles. The van der Waals surface area contributed by atoms with Crippen LogP contribution in [0, 0.1) is 6.92 Å². The number of pyridine rings is 1. The van der Waals surface area contributed by atoms with E-state index in [9.17, 15) is 4.79 Å². The Morgan fingerprint density at radius 2 is 1.93 bits per heavy atom. The van der Waals surface area contributed by atoms with E-state index in [2.05, 4.69) is 15.4 Å². The second kappa shape index (κ2) is 8.53. The summed E-state index contributed by atoms with van der Waals surface area (Å²) in [5.74, 6) is 0.176. The molecular formula is C21H20Cl2N4O2. The number of rotatable bonds is 4. The predicted molar refractivity (Wildman–Crippen MR) is 113 cm³/mol. The minimum atomic E-state index is -0.241. The number of nitrogens with one attached hydrogen (secondary N) is 1. The third-order valence-corrected chi connectivity index (χ3v) is 5.83. The van der Waals surface area contributed by atoms with Gasteiger partial charge < -0.3 is 10.1 Å². The van der Waals surface area contributed by atoms with Gasteiger partial charge in [0.2, 0.25) is 0 Å². The molecule has 1 saturated heterocycles. The number of carbonyl (C=O) groups excluding carboxylic acids is 1. The lowest BCUT2D eigenvalue weighted by Gasteiger charge is -2.21. The third kappa shape index (κ3) is 4.29. The van der Waals surface area contributed by atoms with E-state index in [-0.39, 0.29) is 5.91 Å². The van der Waals surface area contributed by atoms with Crippen molar-refractivity contribution in [2.24, 2.45) is 0 Å². The molecule has 0 radical (unpaired) electrons. The van der Waals surface area contributed by atoms with Crippen molar-refractivity contribution < 1.29 is 9.53 Å². The first-order valence-corrected chi connectivity index (χ1v) is 10.1. The number of hydrogen-bond donors (Lipinski definition) is 1. The average molecular weight is 431 g/mol. The van der Waals surface area contributed by atoms with E-state index in [1.807, 2.05) is 19.1 Å². The van der Waals surface area contributed by atoms with Crippen molar-refractivity contribution >= 4 is 34.8 Å². The standard InChI is InChI=1S/C21H20Cl2N4O2/c1-13-17(12-25-27(13)16-3-4-18(22)19(23)10-16)21(28)26-15-2-5-20(24-11-15)14-6-8-29-9-7-14/h2-5,10-12,14H,6-9H2,1H3,(H,26,28). The van der Waals surface area contributed by atoms with Gasteiger partial charge in [-0.1, -0.05) is 23.2 Å². The van der Waals surface area contributed by atoms with Crippen LogP contribution in [-0.2, 0) is 4.74 Å². The summed E-state index contributed by atoms with van der Waals surface area (Å²) in [6.45, 7) is 3.37. The molecule has 1 fully saturated rings. The zero-order valence-electron chi connectivity index (χ0n) is 15.9. The van der Waals surface area contributed by atoms with Crippen LogP contribution in [-0.4, -0.2) is 33.9 Å². The Bertz CT molecular complexity index is 1030. The van der Waals surface area contributed by atoms with Crippen LogP contribution >= 0.6 is 23.2 Å². The number of carbonyl (C=O) groups is 1. The zero-order valence-corrected chi connectivity index (χ0v) is 17.4. The number of aromatic nitrogens is 3. The second-order valence-electron chi connectivity index (χ2n) is 6.97. The van der Waals surface area contributed by atoms with Crippen molar-refractivity contribution in [1.82, 2.24) is 14.8 Å². The van der Waals surface area contributed by atoms with Gasteiger partial charge in [-0.2, -0.15) is 5.10 Å². The van der Waals surface area contributed by atoms with E-state index in [1.54, 1.807) is 29.1 Å². The Morgan fingerprint density at radius 1 is 1.14 bits per heavy atom. The zero-order chi connectivity index (χ0) is 20.4. The normalized spacial score (nSPS) is 14.7. The fourth-order valence-electron chi connectivity index (χ4n) is 3.42. The molecule has 8 heteroatoms. The SMILES string of the molecule is Cc1c(C(=O)Nc2ccc(C3CCOCC3)nc2)cnn1-c1ccc(Cl)c(Cl)c1. The fraction of sp³-hybridized carbons (Fsp3) is 0.286. The maximum absolute atomic E-state index is 12.7. The summed E-state index contributed by atoms with van der Waals surface area (Å²) < 4.78 is 7.05. The van der Waals surface area contributed by atoms with Crippen LogP contribution in [0.3, 0.4) is 0 Å². The predicted octanol–water partition coefficient (Wildman–Crippen LogP) is 5.03. The Morgan fingerprint density at radius 3 is 2.62 bits per heavy atom. The van der Waals surface area contributed by atoms with E-state index in [0.717, 1.165) is 37.4 Å². The number of halogens is 2. The first-order valence-electron chi connectivity index (χ1n) is 9.38. The van der Waals surface area contributed by atoms with Gasteiger partial charge in [0, 0.05) is 24.8 Å². The van der Waals surface area contributed by atoms with Gasteiger partial charge in [-0.25, -0.2) is 4.68 Å². The fourth-order valence-corrected chi connectivity index (χ4v) is 3.71. The molecule has 1 amide bonds. The highest BCUT2D eigenvalue weighted by atomic mass is 35.5. The van der Waals surface area contributed by atoms with Gasteiger partial charge >= 0.3 is 0 Å². The number of hydrogen-bond acceptors (Lipinski definition) is 4. The molecule has 0 atom stereocenters. The summed E-state index contributed by atoms with van der Waals surface area (Å²) in [6, 6.07) is 9.07. The van der Waals surface area contributed by atoms with Crippen LogP contribution in [0.4, 0.5) is 5.69 Å². The topological polar surface area (TPSA) is 69.0 Å². The number of nitrogens with zero attached hydrogens (tertiary/aromatic N) is 3. The lowest BCUT2D eigenvalue weighted by atomic mass is 9.96. The summed E-state index contributed by atoms with van der Waals surface area (Å²) in [5, 5.41) is 8.11. The van der Waals surface area contributed by atoms with Gasteiger partial charge in [-0.15, -0.1) is 0 Å². The second-order valence-corrected chi connectivity index (χ2v) is 7.78. The quantitative estimate of drug-likeness (QED) is 0.629. The smallest absolute Gasteiger partial charge is 0.259 e. The lowest BCUT2D eigenvalue weighted by Crippen LogP contribution is -2.16. The van der Waals surface area contributed by atoms with Gasteiger partial charge in [0.15, 0.2) is 0 Å². The molecule has 0 spiro atoms. The number of ether oxygens (including phenoxy) is 1. The van der Waals surface area contributed by atoms with Crippen LogP contribution in [0.1, 0.15) is 40.5 Å². The summed E-state index contributed by atoms with van der Waals surface area (Å²) in [5.41, 5.74) is 3.60. The molecule has 3 aromatic rings. The molecule has 1 aliphatic heterocycles. The van der Waals surface area contributed by atoms with Crippen LogP contribution < -0.4 is 5.32 Å².